The number of H-pyrrole nitrogens is 1. The van der Waals surface area contributed by atoms with Crippen molar-refractivity contribution in [3.8, 4) is 0 Å². The molecule has 4 heteroatoms. The number of hydrogen-bond acceptors (Lipinski definition) is 2. The van der Waals surface area contributed by atoms with E-state index in [-0.39, 0.29) is 0 Å². The van der Waals surface area contributed by atoms with Crippen molar-refractivity contribution in [3.63, 3.8) is 0 Å². The molecule has 2 fully saturated rings. The van der Waals surface area contributed by atoms with Gasteiger partial charge in [-0.15, -0.1) is 11.6 Å². The maximum Gasteiger partial charge on any atom is 0.112 e. The molecule has 0 saturated carbocycles. The van der Waals surface area contributed by atoms with E-state index in [4.69, 9.17) is 16.3 Å². The molecule has 1 N–H and O–H groups in total. The first-order chi connectivity index (χ1) is 6.86. The monoisotopic (exact) mass is 212 g/mol. The van der Waals surface area contributed by atoms with E-state index in [1.165, 1.54) is 12.8 Å². The number of alkyl halides is 1. The molecule has 14 heavy (non-hydrogen) atoms. The molecule has 2 bridgehead atoms. The largest absolute Gasteiger partial charge is 0.374 e. The van der Waals surface area contributed by atoms with Crippen LogP contribution in [0, 0.1) is 0 Å². The van der Waals surface area contributed by atoms with E-state index in [0.717, 1.165) is 17.9 Å². The van der Waals surface area contributed by atoms with Crippen LogP contribution in [-0.2, 0) is 10.6 Å². The molecule has 0 radical (unpaired) electrons. The Bertz CT molecular complexity index is 339. The lowest BCUT2D eigenvalue weighted by atomic mass is 9.89. The molecule has 2 aliphatic rings. The maximum atomic E-state index is 5.79. The summed E-state index contributed by atoms with van der Waals surface area (Å²) in [7, 11) is 0. The molecule has 3 nitrogen and oxygen atoms in total. The van der Waals surface area contributed by atoms with E-state index in [1.54, 1.807) is 0 Å². The minimum Gasteiger partial charge on any atom is -0.374 e. The van der Waals surface area contributed by atoms with E-state index in [2.05, 4.69) is 9.97 Å². The quantitative estimate of drug-likeness (QED) is 0.764. The van der Waals surface area contributed by atoms with Crippen molar-refractivity contribution < 1.29 is 4.74 Å². The normalized spacial score (nSPS) is 35.4. The standard InChI is InChI=1S/C10H13ClN2O/c11-4-6-5-12-10(13-6)8-3-7-1-2-9(8)14-7/h5,7-9H,1-4H2,(H,12,13). The van der Waals surface area contributed by atoms with Crippen LogP contribution in [0.15, 0.2) is 6.20 Å². The summed E-state index contributed by atoms with van der Waals surface area (Å²) in [6.07, 6.45) is 6.24. The third-order valence-electron chi connectivity index (χ3n) is 3.25. The molecule has 0 aromatic carbocycles. The summed E-state index contributed by atoms with van der Waals surface area (Å²) in [6, 6.07) is 0. The Balaban J connectivity index is 1.82. The van der Waals surface area contributed by atoms with Crippen LogP contribution in [0.5, 0.6) is 0 Å². The van der Waals surface area contributed by atoms with Crippen molar-refractivity contribution in [2.45, 2.75) is 43.3 Å². The lowest BCUT2D eigenvalue weighted by molar-refractivity contribution is 0.0999. The number of nitrogens with one attached hydrogen (secondary N) is 1. The van der Waals surface area contributed by atoms with Gasteiger partial charge in [-0.1, -0.05) is 0 Å². The van der Waals surface area contributed by atoms with Crippen LogP contribution in [0.1, 0.15) is 36.7 Å². The summed E-state index contributed by atoms with van der Waals surface area (Å²) in [5, 5.41) is 0. The van der Waals surface area contributed by atoms with Gasteiger partial charge >= 0.3 is 0 Å². The number of nitrogens with zero attached hydrogens (tertiary/aromatic N) is 1. The molecular formula is C10H13ClN2O. The Kier molecular flexibility index (Phi) is 2.03. The minimum atomic E-state index is 0.398. The average Bonchev–Trinajstić information content (AvgIpc) is 2.93. The summed E-state index contributed by atoms with van der Waals surface area (Å²) < 4.78 is 5.79. The van der Waals surface area contributed by atoms with Crippen molar-refractivity contribution in [2.75, 3.05) is 0 Å². The van der Waals surface area contributed by atoms with Gasteiger partial charge in [0.1, 0.15) is 5.82 Å². The van der Waals surface area contributed by atoms with Gasteiger partial charge in [0.05, 0.1) is 18.1 Å². The molecular weight excluding hydrogens is 200 g/mol. The fraction of sp³-hybridized carbons (Fsp3) is 0.700. The van der Waals surface area contributed by atoms with Crippen molar-refractivity contribution in [3.05, 3.63) is 17.7 Å². The van der Waals surface area contributed by atoms with E-state index >= 15 is 0 Å². The van der Waals surface area contributed by atoms with E-state index < -0.39 is 0 Å². The molecule has 0 amide bonds. The highest BCUT2D eigenvalue weighted by Crippen LogP contribution is 2.43. The van der Waals surface area contributed by atoms with E-state index in [9.17, 15) is 0 Å². The van der Waals surface area contributed by atoms with Crippen molar-refractivity contribution >= 4 is 11.6 Å². The van der Waals surface area contributed by atoms with Gasteiger partial charge in [0.25, 0.3) is 0 Å². The zero-order valence-electron chi connectivity index (χ0n) is 7.87. The summed E-state index contributed by atoms with van der Waals surface area (Å²) in [6.45, 7) is 0. The lowest BCUT2D eigenvalue weighted by Crippen LogP contribution is -2.15. The Morgan fingerprint density at radius 1 is 1.57 bits per heavy atom. The van der Waals surface area contributed by atoms with E-state index in [0.29, 0.717) is 24.0 Å². The molecule has 0 aliphatic carbocycles. The Labute approximate surface area is 87.8 Å². The minimum absolute atomic E-state index is 0.398. The Hall–Kier alpha value is -0.540. The second-order valence-electron chi connectivity index (χ2n) is 4.14. The van der Waals surface area contributed by atoms with Crippen LogP contribution in [0.4, 0.5) is 0 Å². The molecule has 2 saturated heterocycles. The van der Waals surface area contributed by atoms with Gasteiger partial charge in [0.2, 0.25) is 0 Å². The number of ether oxygens (including phenoxy) is 1. The van der Waals surface area contributed by atoms with Crippen molar-refractivity contribution in [1.29, 1.82) is 0 Å². The highest BCUT2D eigenvalue weighted by atomic mass is 35.5. The third kappa shape index (κ3) is 1.27. The topological polar surface area (TPSA) is 37.9 Å². The zero-order valence-corrected chi connectivity index (χ0v) is 8.63. The highest BCUT2D eigenvalue weighted by Gasteiger charge is 2.42. The van der Waals surface area contributed by atoms with E-state index in [1.807, 2.05) is 6.20 Å². The number of hydrogen-bond donors (Lipinski definition) is 1. The van der Waals surface area contributed by atoms with Crippen molar-refractivity contribution in [1.82, 2.24) is 9.97 Å². The molecule has 1 aromatic rings. The SMILES string of the molecule is ClCc1cnc(C2CC3CCC2O3)[nH]1. The smallest absolute Gasteiger partial charge is 0.112 e. The molecule has 0 spiro atoms. The third-order valence-corrected chi connectivity index (χ3v) is 3.54. The van der Waals surface area contributed by atoms with Gasteiger partial charge in [-0.3, -0.25) is 0 Å². The Morgan fingerprint density at radius 3 is 3.07 bits per heavy atom. The predicted molar refractivity (Wildman–Crippen MR) is 53.4 cm³/mol. The van der Waals surface area contributed by atoms with Crippen LogP contribution in [0.2, 0.25) is 0 Å². The highest BCUT2D eigenvalue weighted by molar-refractivity contribution is 6.16. The summed E-state index contributed by atoms with van der Waals surface area (Å²) in [4.78, 5) is 7.63. The van der Waals surface area contributed by atoms with Crippen LogP contribution in [-0.4, -0.2) is 22.2 Å². The maximum absolute atomic E-state index is 5.79. The number of aromatic amines is 1. The number of imidazole rings is 1. The fourth-order valence-corrected chi connectivity index (χ4v) is 2.69. The molecule has 2 aliphatic heterocycles. The van der Waals surface area contributed by atoms with Gasteiger partial charge in [-0.2, -0.15) is 0 Å². The zero-order chi connectivity index (χ0) is 9.54. The van der Waals surface area contributed by atoms with Crippen LogP contribution >= 0.6 is 11.6 Å². The second-order valence-corrected chi connectivity index (χ2v) is 4.41. The summed E-state index contributed by atoms with van der Waals surface area (Å²) >= 11 is 5.72. The molecule has 3 rings (SSSR count). The van der Waals surface area contributed by atoms with Gasteiger partial charge in [0.15, 0.2) is 0 Å². The summed E-state index contributed by atoms with van der Waals surface area (Å²) in [5.74, 6) is 2.05. The molecule has 3 unspecified atom stereocenters. The molecule has 3 heterocycles. The lowest BCUT2D eigenvalue weighted by Gasteiger charge is -2.15. The number of halogens is 1. The number of rotatable bonds is 2. The van der Waals surface area contributed by atoms with Gasteiger partial charge in [-0.05, 0) is 19.3 Å². The molecule has 76 valence electrons. The average molecular weight is 213 g/mol. The number of aromatic nitrogens is 2. The Morgan fingerprint density at radius 2 is 2.50 bits per heavy atom. The second kappa shape index (κ2) is 3.24. The summed E-state index contributed by atoms with van der Waals surface area (Å²) in [5.41, 5.74) is 1.00. The van der Waals surface area contributed by atoms with Crippen molar-refractivity contribution in [2.24, 2.45) is 0 Å². The first-order valence-electron chi connectivity index (χ1n) is 5.12. The van der Waals surface area contributed by atoms with Gasteiger partial charge in [-0.25, -0.2) is 4.98 Å². The first-order valence-corrected chi connectivity index (χ1v) is 5.65. The van der Waals surface area contributed by atoms with Gasteiger partial charge in [0, 0.05) is 17.8 Å². The van der Waals surface area contributed by atoms with Crippen LogP contribution in [0.3, 0.4) is 0 Å². The van der Waals surface area contributed by atoms with Gasteiger partial charge < -0.3 is 9.72 Å². The fourth-order valence-electron chi connectivity index (χ4n) is 2.56. The predicted octanol–water partition coefficient (Wildman–Crippen LogP) is 2.18. The molecule has 3 atom stereocenters. The molecule has 1 aromatic heterocycles. The van der Waals surface area contributed by atoms with Crippen LogP contribution in [0.25, 0.3) is 0 Å². The number of fused-ring (bicyclic) bond motifs is 2. The first kappa shape index (κ1) is 8.74. The van der Waals surface area contributed by atoms with Crippen LogP contribution < -0.4 is 0 Å².